The summed E-state index contributed by atoms with van der Waals surface area (Å²) < 4.78 is 0. The zero-order valence-corrected chi connectivity index (χ0v) is 14.1. The Hall–Kier alpha value is -2.64. The molecule has 0 aromatic heterocycles. The lowest BCUT2D eigenvalue weighted by molar-refractivity contribution is 0.112. The second-order valence-electron chi connectivity index (χ2n) is 5.62. The third kappa shape index (κ3) is 3.47. The highest BCUT2D eigenvalue weighted by Gasteiger charge is 2.04. The first kappa shape index (κ1) is 16.2. The predicted molar refractivity (Wildman–Crippen MR) is 102 cm³/mol. The van der Waals surface area contributed by atoms with Gasteiger partial charge in [-0.15, -0.1) is 0 Å². The van der Waals surface area contributed by atoms with Crippen LogP contribution in [-0.2, 0) is 0 Å². The molecule has 0 saturated heterocycles. The van der Waals surface area contributed by atoms with Gasteiger partial charge in [-0.3, -0.25) is 4.79 Å². The fraction of sp³-hybridized carbons (Fsp3) is 0.0455. The summed E-state index contributed by atoms with van der Waals surface area (Å²) in [6, 6.07) is 21.8. The smallest absolute Gasteiger partial charge is 0.150 e. The SMILES string of the molecule is Cc1c(/C=C/c2cc(C=O)ccc2Cl)cccc1-c1ccccc1. The Morgan fingerprint density at radius 1 is 0.833 bits per heavy atom. The highest BCUT2D eigenvalue weighted by molar-refractivity contribution is 6.32. The number of aldehydes is 1. The number of halogens is 1. The second-order valence-corrected chi connectivity index (χ2v) is 6.03. The molecule has 118 valence electrons. The van der Waals surface area contributed by atoms with Crippen molar-refractivity contribution in [2.45, 2.75) is 6.92 Å². The number of carbonyl (C=O) groups is 1. The summed E-state index contributed by atoms with van der Waals surface area (Å²) in [4.78, 5) is 10.9. The summed E-state index contributed by atoms with van der Waals surface area (Å²) in [5.74, 6) is 0. The predicted octanol–water partition coefficient (Wildman–Crippen LogP) is 6.30. The molecular formula is C22H17ClO. The summed E-state index contributed by atoms with van der Waals surface area (Å²) in [5.41, 5.74) is 6.21. The van der Waals surface area contributed by atoms with Crippen LogP contribution >= 0.6 is 11.6 Å². The van der Waals surface area contributed by atoms with E-state index < -0.39 is 0 Å². The highest BCUT2D eigenvalue weighted by Crippen LogP contribution is 2.27. The Morgan fingerprint density at radius 3 is 2.33 bits per heavy atom. The molecule has 0 saturated carbocycles. The first-order chi connectivity index (χ1) is 11.7. The van der Waals surface area contributed by atoms with Gasteiger partial charge in [-0.2, -0.15) is 0 Å². The van der Waals surface area contributed by atoms with Gasteiger partial charge in [0.2, 0.25) is 0 Å². The number of hydrogen-bond donors (Lipinski definition) is 0. The van der Waals surface area contributed by atoms with E-state index in [-0.39, 0.29) is 0 Å². The molecular weight excluding hydrogens is 316 g/mol. The Kier molecular flexibility index (Phi) is 4.93. The maximum absolute atomic E-state index is 10.9. The molecule has 3 rings (SSSR count). The average molecular weight is 333 g/mol. The van der Waals surface area contributed by atoms with E-state index in [2.05, 4.69) is 37.3 Å². The van der Waals surface area contributed by atoms with Gasteiger partial charge in [-0.1, -0.05) is 78.4 Å². The summed E-state index contributed by atoms with van der Waals surface area (Å²) in [5, 5.41) is 0.633. The molecule has 0 bridgehead atoms. The van der Waals surface area contributed by atoms with Gasteiger partial charge in [-0.25, -0.2) is 0 Å². The fourth-order valence-corrected chi connectivity index (χ4v) is 2.89. The van der Waals surface area contributed by atoms with Crippen molar-refractivity contribution in [3.63, 3.8) is 0 Å². The van der Waals surface area contributed by atoms with E-state index in [1.807, 2.05) is 30.4 Å². The molecule has 0 heterocycles. The molecule has 0 aliphatic rings. The van der Waals surface area contributed by atoms with Crippen LogP contribution in [0, 0.1) is 6.92 Å². The van der Waals surface area contributed by atoms with Gasteiger partial charge in [0.1, 0.15) is 6.29 Å². The summed E-state index contributed by atoms with van der Waals surface area (Å²) in [6.07, 6.45) is 4.82. The van der Waals surface area contributed by atoms with Gasteiger partial charge >= 0.3 is 0 Å². The Bertz CT molecular complexity index is 895. The van der Waals surface area contributed by atoms with Gasteiger partial charge in [0, 0.05) is 10.6 Å². The van der Waals surface area contributed by atoms with Crippen molar-refractivity contribution in [1.29, 1.82) is 0 Å². The molecule has 0 radical (unpaired) electrons. The van der Waals surface area contributed by atoms with Crippen molar-refractivity contribution in [3.8, 4) is 11.1 Å². The molecule has 0 N–H and O–H groups in total. The first-order valence-electron chi connectivity index (χ1n) is 7.77. The zero-order chi connectivity index (χ0) is 16.9. The van der Waals surface area contributed by atoms with Gasteiger partial charge in [0.05, 0.1) is 0 Å². The van der Waals surface area contributed by atoms with E-state index in [1.165, 1.54) is 16.7 Å². The van der Waals surface area contributed by atoms with Crippen LogP contribution in [0.5, 0.6) is 0 Å². The molecule has 0 fully saturated rings. The van der Waals surface area contributed by atoms with E-state index in [0.29, 0.717) is 10.6 Å². The van der Waals surface area contributed by atoms with E-state index >= 15 is 0 Å². The molecule has 2 heteroatoms. The summed E-state index contributed by atoms with van der Waals surface area (Å²) in [7, 11) is 0. The number of carbonyl (C=O) groups excluding carboxylic acids is 1. The van der Waals surface area contributed by atoms with Crippen molar-refractivity contribution >= 4 is 30.0 Å². The van der Waals surface area contributed by atoms with Gasteiger partial charge in [0.25, 0.3) is 0 Å². The standard InChI is InChI=1S/C22H17ClO/c1-16-18(8-5-9-21(16)19-6-3-2-4-7-19)11-12-20-14-17(15-24)10-13-22(20)23/h2-15H,1H3/b12-11+. The molecule has 24 heavy (non-hydrogen) atoms. The number of benzene rings is 3. The van der Waals surface area contributed by atoms with E-state index in [0.717, 1.165) is 17.4 Å². The Labute approximate surface area is 147 Å². The minimum absolute atomic E-state index is 0.619. The van der Waals surface area contributed by atoms with Crippen LogP contribution in [0.3, 0.4) is 0 Å². The van der Waals surface area contributed by atoms with Crippen molar-refractivity contribution in [2.75, 3.05) is 0 Å². The average Bonchev–Trinajstić information content (AvgIpc) is 2.63. The van der Waals surface area contributed by atoms with Gasteiger partial charge in [-0.05, 0) is 46.9 Å². The lowest BCUT2D eigenvalue weighted by Crippen LogP contribution is -1.87. The normalized spacial score (nSPS) is 10.9. The fourth-order valence-electron chi connectivity index (χ4n) is 2.71. The van der Waals surface area contributed by atoms with Crippen molar-refractivity contribution < 1.29 is 4.79 Å². The highest BCUT2D eigenvalue weighted by atomic mass is 35.5. The molecule has 3 aromatic carbocycles. The maximum atomic E-state index is 10.9. The van der Waals surface area contributed by atoms with E-state index in [9.17, 15) is 4.79 Å². The Balaban J connectivity index is 1.98. The molecule has 0 aliphatic heterocycles. The van der Waals surface area contributed by atoms with Crippen LogP contribution in [-0.4, -0.2) is 6.29 Å². The van der Waals surface area contributed by atoms with Gasteiger partial charge in [0.15, 0.2) is 0 Å². The molecule has 0 atom stereocenters. The molecule has 0 aliphatic carbocycles. The minimum Gasteiger partial charge on any atom is -0.298 e. The van der Waals surface area contributed by atoms with Crippen LogP contribution in [0.25, 0.3) is 23.3 Å². The molecule has 0 unspecified atom stereocenters. The lowest BCUT2D eigenvalue weighted by atomic mass is 9.96. The molecule has 0 amide bonds. The molecule has 1 nitrogen and oxygen atoms in total. The van der Waals surface area contributed by atoms with Crippen LogP contribution < -0.4 is 0 Å². The zero-order valence-electron chi connectivity index (χ0n) is 13.4. The largest absolute Gasteiger partial charge is 0.298 e. The number of hydrogen-bond acceptors (Lipinski definition) is 1. The van der Waals surface area contributed by atoms with E-state index in [4.69, 9.17) is 11.6 Å². The second kappa shape index (κ2) is 7.29. The minimum atomic E-state index is 0.619. The molecule has 0 spiro atoms. The maximum Gasteiger partial charge on any atom is 0.150 e. The van der Waals surface area contributed by atoms with Gasteiger partial charge < -0.3 is 0 Å². The summed E-state index contributed by atoms with van der Waals surface area (Å²) >= 11 is 6.22. The van der Waals surface area contributed by atoms with Crippen LogP contribution in [0.4, 0.5) is 0 Å². The topological polar surface area (TPSA) is 17.1 Å². The van der Waals surface area contributed by atoms with Crippen molar-refractivity contribution in [3.05, 3.63) is 94.0 Å². The van der Waals surface area contributed by atoms with Crippen molar-refractivity contribution in [2.24, 2.45) is 0 Å². The first-order valence-corrected chi connectivity index (χ1v) is 8.14. The van der Waals surface area contributed by atoms with Crippen molar-refractivity contribution in [1.82, 2.24) is 0 Å². The monoisotopic (exact) mass is 332 g/mol. The van der Waals surface area contributed by atoms with E-state index in [1.54, 1.807) is 18.2 Å². The molecule has 3 aromatic rings. The third-order valence-electron chi connectivity index (χ3n) is 4.06. The van der Waals surface area contributed by atoms with Crippen LogP contribution in [0.1, 0.15) is 27.0 Å². The number of rotatable bonds is 4. The van der Waals surface area contributed by atoms with Crippen LogP contribution in [0.15, 0.2) is 66.7 Å². The summed E-state index contributed by atoms with van der Waals surface area (Å²) in [6.45, 7) is 2.12. The lowest BCUT2D eigenvalue weighted by Gasteiger charge is -2.09. The van der Waals surface area contributed by atoms with Crippen LogP contribution in [0.2, 0.25) is 5.02 Å². The Morgan fingerprint density at radius 2 is 1.58 bits per heavy atom. The third-order valence-corrected chi connectivity index (χ3v) is 4.40. The quantitative estimate of drug-likeness (QED) is 0.405.